The van der Waals surface area contributed by atoms with Crippen LogP contribution in [0.3, 0.4) is 0 Å². The standard InChI is InChI=1S/C26H33Cl2N3O6S/c1-5-17(2)29-26(33)18(3)30(15-20-21(27)8-6-9-22(20)28)25(32)10-7-13-31(38(4,34)35)19-11-12-23-24(14-19)37-16-36-23/h6,8-9,11-12,14,17-18H,5,7,10,13,15-16H2,1-4H3,(H,29,33)/t17-,18+/m1/s1. The molecule has 1 aliphatic rings. The van der Waals surface area contributed by atoms with Crippen LogP contribution >= 0.6 is 23.2 Å². The molecule has 0 aromatic heterocycles. The largest absolute Gasteiger partial charge is 0.454 e. The molecule has 12 heteroatoms. The van der Waals surface area contributed by atoms with E-state index in [1.165, 1.54) is 9.21 Å². The molecule has 0 fully saturated rings. The number of nitrogens with zero attached hydrogens (tertiary/aromatic N) is 2. The zero-order valence-corrected chi connectivity index (χ0v) is 24.2. The lowest BCUT2D eigenvalue weighted by atomic mass is 10.1. The van der Waals surface area contributed by atoms with Gasteiger partial charge in [-0.3, -0.25) is 13.9 Å². The summed E-state index contributed by atoms with van der Waals surface area (Å²) in [5.74, 6) is 0.369. The third-order valence-electron chi connectivity index (χ3n) is 6.35. The molecule has 2 atom stereocenters. The van der Waals surface area contributed by atoms with Gasteiger partial charge in [-0.1, -0.05) is 36.2 Å². The van der Waals surface area contributed by atoms with E-state index in [2.05, 4.69) is 5.32 Å². The SMILES string of the molecule is CC[C@@H](C)NC(=O)[C@H](C)N(Cc1c(Cl)cccc1Cl)C(=O)CCCN(c1ccc2c(c1)OCO2)S(C)(=O)=O. The minimum Gasteiger partial charge on any atom is -0.454 e. The lowest BCUT2D eigenvalue weighted by Gasteiger charge is -2.30. The number of ether oxygens (including phenoxy) is 2. The summed E-state index contributed by atoms with van der Waals surface area (Å²) < 4.78 is 37.0. The number of carbonyl (C=O) groups is 2. The highest BCUT2D eigenvalue weighted by atomic mass is 35.5. The van der Waals surface area contributed by atoms with Gasteiger partial charge in [0.15, 0.2) is 11.5 Å². The van der Waals surface area contributed by atoms with E-state index in [0.717, 1.165) is 12.7 Å². The molecule has 0 radical (unpaired) electrons. The quantitative estimate of drug-likeness (QED) is 0.390. The Bertz CT molecular complexity index is 1250. The molecule has 0 aliphatic carbocycles. The van der Waals surface area contributed by atoms with Crippen LogP contribution in [0.25, 0.3) is 0 Å². The van der Waals surface area contributed by atoms with E-state index in [1.807, 2.05) is 13.8 Å². The summed E-state index contributed by atoms with van der Waals surface area (Å²) in [5, 5.41) is 3.68. The third kappa shape index (κ3) is 7.45. The fourth-order valence-corrected chi connectivity index (χ4v) is 5.42. The smallest absolute Gasteiger partial charge is 0.242 e. The number of benzene rings is 2. The lowest BCUT2D eigenvalue weighted by Crippen LogP contribution is -2.49. The average molecular weight is 587 g/mol. The van der Waals surface area contributed by atoms with Crippen molar-refractivity contribution in [1.82, 2.24) is 10.2 Å². The van der Waals surface area contributed by atoms with E-state index < -0.39 is 16.1 Å². The molecule has 0 unspecified atom stereocenters. The van der Waals surface area contributed by atoms with Gasteiger partial charge >= 0.3 is 0 Å². The molecule has 1 heterocycles. The number of hydrogen-bond acceptors (Lipinski definition) is 6. The molecule has 0 bridgehead atoms. The second-order valence-electron chi connectivity index (χ2n) is 9.19. The summed E-state index contributed by atoms with van der Waals surface area (Å²) >= 11 is 12.7. The summed E-state index contributed by atoms with van der Waals surface area (Å²) in [7, 11) is -3.65. The number of carbonyl (C=O) groups excluding carboxylic acids is 2. The Hall–Kier alpha value is -2.69. The van der Waals surface area contributed by atoms with E-state index in [0.29, 0.717) is 32.8 Å². The summed E-state index contributed by atoms with van der Waals surface area (Å²) in [4.78, 5) is 27.8. The van der Waals surface area contributed by atoms with Crippen molar-refractivity contribution < 1.29 is 27.5 Å². The van der Waals surface area contributed by atoms with E-state index in [-0.39, 0.29) is 50.6 Å². The molecule has 9 nitrogen and oxygen atoms in total. The summed E-state index contributed by atoms with van der Waals surface area (Å²) in [6.45, 7) is 5.64. The van der Waals surface area contributed by atoms with Crippen molar-refractivity contribution in [3.8, 4) is 11.5 Å². The van der Waals surface area contributed by atoms with Gasteiger partial charge in [-0.2, -0.15) is 0 Å². The van der Waals surface area contributed by atoms with Crippen molar-refractivity contribution in [2.45, 2.75) is 58.7 Å². The predicted molar refractivity (Wildman–Crippen MR) is 148 cm³/mol. The summed E-state index contributed by atoms with van der Waals surface area (Å²) in [6.07, 6.45) is 2.06. The first kappa shape index (κ1) is 29.9. The molecule has 2 amide bonds. The molecule has 38 heavy (non-hydrogen) atoms. The minimum absolute atomic E-state index is 0.000402. The number of nitrogens with one attached hydrogen (secondary N) is 1. The number of anilines is 1. The minimum atomic E-state index is -3.65. The highest BCUT2D eigenvalue weighted by Gasteiger charge is 2.28. The molecule has 0 saturated heterocycles. The van der Waals surface area contributed by atoms with Crippen LogP contribution in [0, 0.1) is 0 Å². The number of fused-ring (bicyclic) bond motifs is 1. The second kappa shape index (κ2) is 12.9. The molecular formula is C26H33Cl2N3O6S. The molecule has 208 valence electrons. The maximum Gasteiger partial charge on any atom is 0.242 e. The molecule has 1 aliphatic heterocycles. The van der Waals surface area contributed by atoms with E-state index in [4.69, 9.17) is 32.7 Å². The first-order valence-electron chi connectivity index (χ1n) is 12.3. The monoisotopic (exact) mass is 585 g/mol. The molecule has 2 aromatic carbocycles. The molecule has 3 rings (SSSR count). The van der Waals surface area contributed by atoms with Gasteiger partial charge in [0, 0.05) is 47.2 Å². The predicted octanol–water partition coefficient (Wildman–Crippen LogP) is 4.60. The van der Waals surface area contributed by atoms with Crippen LogP contribution in [0.5, 0.6) is 11.5 Å². The van der Waals surface area contributed by atoms with Crippen molar-refractivity contribution in [1.29, 1.82) is 0 Å². The van der Waals surface area contributed by atoms with Crippen LogP contribution in [0.15, 0.2) is 36.4 Å². The Morgan fingerprint density at radius 1 is 1.08 bits per heavy atom. The molecule has 0 saturated carbocycles. The summed E-state index contributed by atoms with van der Waals surface area (Å²) in [5.41, 5.74) is 0.940. The molecule has 0 spiro atoms. The van der Waals surface area contributed by atoms with Crippen molar-refractivity contribution in [3.63, 3.8) is 0 Å². The van der Waals surface area contributed by atoms with Gasteiger partial charge in [-0.15, -0.1) is 0 Å². The Kier molecular flexibility index (Phi) is 10.1. The maximum absolute atomic E-state index is 13.4. The van der Waals surface area contributed by atoms with E-state index >= 15 is 0 Å². The van der Waals surface area contributed by atoms with Crippen LogP contribution in [-0.2, 0) is 26.2 Å². The van der Waals surface area contributed by atoms with Crippen LogP contribution in [-0.4, -0.2) is 56.8 Å². The van der Waals surface area contributed by atoms with E-state index in [9.17, 15) is 18.0 Å². The fraction of sp³-hybridized carbons (Fsp3) is 0.462. The molecule has 1 N–H and O–H groups in total. The normalized spacial score (nSPS) is 14.1. The molecule has 2 aromatic rings. The van der Waals surface area contributed by atoms with E-state index in [1.54, 1.807) is 43.3 Å². The maximum atomic E-state index is 13.4. The Balaban J connectivity index is 1.77. The Labute approximate surface area is 234 Å². The van der Waals surface area contributed by atoms with Crippen molar-refractivity contribution in [2.24, 2.45) is 0 Å². The Morgan fingerprint density at radius 2 is 1.74 bits per heavy atom. The average Bonchev–Trinajstić information content (AvgIpc) is 3.33. The van der Waals surface area contributed by atoms with Gasteiger partial charge in [-0.05, 0) is 51.0 Å². The number of amides is 2. The molecular weight excluding hydrogens is 553 g/mol. The van der Waals surface area contributed by atoms with Gasteiger partial charge in [-0.25, -0.2) is 8.42 Å². The van der Waals surface area contributed by atoms with Crippen molar-refractivity contribution in [3.05, 3.63) is 52.0 Å². The highest BCUT2D eigenvalue weighted by Crippen LogP contribution is 2.36. The van der Waals surface area contributed by atoms with Crippen molar-refractivity contribution in [2.75, 3.05) is 23.9 Å². The topological polar surface area (TPSA) is 105 Å². The highest BCUT2D eigenvalue weighted by molar-refractivity contribution is 7.92. The van der Waals surface area contributed by atoms with Crippen molar-refractivity contribution >= 4 is 50.7 Å². The Morgan fingerprint density at radius 3 is 2.37 bits per heavy atom. The van der Waals surface area contributed by atoms with Gasteiger partial charge in [0.2, 0.25) is 28.6 Å². The van der Waals surface area contributed by atoms with Crippen LogP contribution in [0.4, 0.5) is 5.69 Å². The van der Waals surface area contributed by atoms with Gasteiger partial charge in [0.1, 0.15) is 6.04 Å². The van der Waals surface area contributed by atoms with Gasteiger partial charge in [0.05, 0.1) is 11.9 Å². The first-order valence-corrected chi connectivity index (χ1v) is 14.9. The number of hydrogen-bond donors (Lipinski definition) is 1. The van der Waals surface area contributed by atoms with Crippen LogP contribution < -0.4 is 19.1 Å². The van der Waals surface area contributed by atoms with Crippen LogP contribution in [0.2, 0.25) is 10.0 Å². The first-order chi connectivity index (χ1) is 17.9. The third-order valence-corrected chi connectivity index (χ3v) is 8.26. The number of sulfonamides is 1. The lowest BCUT2D eigenvalue weighted by molar-refractivity contribution is -0.140. The zero-order valence-electron chi connectivity index (χ0n) is 21.9. The summed E-state index contributed by atoms with van der Waals surface area (Å²) in [6, 6.07) is 9.06. The van der Waals surface area contributed by atoms with Gasteiger partial charge in [0.25, 0.3) is 0 Å². The zero-order chi connectivity index (χ0) is 28.0. The fourth-order valence-electron chi connectivity index (χ4n) is 3.95. The van der Waals surface area contributed by atoms with Gasteiger partial charge < -0.3 is 19.7 Å². The van der Waals surface area contributed by atoms with Crippen LogP contribution in [0.1, 0.15) is 45.6 Å². The number of rotatable bonds is 12. The second-order valence-corrected chi connectivity index (χ2v) is 11.9. The number of halogens is 2.